The van der Waals surface area contributed by atoms with Crippen LogP contribution in [0.4, 0.5) is 10.5 Å². The predicted octanol–water partition coefficient (Wildman–Crippen LogP) is 5.12. The highest BCUT2D eigenvalue weighted by atomic mass is 16.2. The molecule has 4 saturated carbocycles. The fourth-order valence-corrected chi connectivity index (χ4v) is 5.80. The normalized spacial score (nSPS) is 33.5. The zero-order chi connectivity index (χ0) is 16.6. The third-order valence-electron chi connectivity index (χ3n) is 6.45. The molecule has 4 aliphatic rings. The second-order valence-electron chi connectivity index (χ2n) is 8.58. The van der Waals surface area contributed by atoms with Gasteiger partial charge in [-0.25, -0.2) is 4.79 Å². The molecule has 0 atom stereocenters. The Morgan fingerprint density at radius 2 is 1.62 bits per heavy atom. The van der Waals surface area contributed by atoms with E-state index in [1.807, 2.05) is 12.1 Å². The lowest BCUT2D eigenvalue weighted by Crippen LogP contribution is -2.60. The van der Waals surface area contributed by atoms with Crippen molar-refractivity contribution < 1.29 is 4.79 Å². The zero-order valence-electron chi connectivity index (χ0n) is 14.8. The second-order valence-corrected chi connectivity index (χ2v) is 8.58. The molecule has 3 nitrogen and oxygen atoms in total. The van der Waals surface area contributed by atoms with Gasteiger partial charge in [-0.3, -0.25) is 0 Å². The van der Waals surface area contributed by atoms with Gasteiger partial charge in [0, 0.05) is 11.2 Å². The molecule has 4 fully saturated rings. The van der Waals surface area contributed by atoms with Crippen LogP contribution in [-0.4, -0.2) is 11.6 Å². The molecule has 1 aromatic carbocycles. The van der Waals surface area contributed by atoms with Crippen molar-refractivity contribution in [2.45, 2.75) is 70.3 Å². The molecule has 0 spiro atoms. The summed E-state index contributed by atoms with van der Waals surface area (Å²) in [5, 5.41) is 6.42. The molecule has 3 heteroatoms. The summed E-state index contributed by atoms with van der Waals surface area (Å²) in [6, 6.07) is 8.32. The molecule has 130 valence electrons. The number of anilines is 1. The van der Waals surface area contributed by atoms with Crippen molar-refractivity contribution in [1.82, 2.24) is 5.32 Å². The molecule has 0 heterocycles. The van der Waals surface area contributed by atoms with Crippen molar-refractivity contribution in [3.8, 4) is 0 Å². The molecule has 5 rings (SSSR count). The monoisotopic (exact) mass is 326 g/mol. The number of aryl methyl sites for hydroxylation is 1. The third-order valence-corrected chi connectivity index (χ3v) is 6.45. The van der Waals surface area contributed by atoms with Gasteiger partial charge in [-0.1, -0.05) is 25.5 Å². The van der Waals surface area contributed by atoms with Gasteiger partial charge in [0.25, 0.3) is 0 Å². The van der Waals surface area contributed by atoms with Gasteiger partial charge in [-0.2, -0.15) is 0 Å². The number of carbonyl (C=O) groups excluding carboxylic acids is 1. The highest BCUT2D eigenvalue weighted by molar-refractivity contribution is 5.89. The van der Waals surface area contributed by atoms with Gasteiger partial charge in [0.15, 0.2) is 0 Å². The summed E-state index contributed by atoms with van der Waals surface area (Å²) in [6.07, 6.45) is 11.4. The van der Waals surface area contributed by atoms with Gasteiger partial charge in [0.2, 0.25) is 0 Å². The quantitative estimate of drug-likeness (QED) is 0.774. The van der Waals surface area contributed by atoms with Crippen molar-refractivity contribution in [2.75, 3.05) is 5.32 Å². The number of hydrogen-bond donors (Lipinski definition) is 2. The summed E-state index contributed by atoms with van der Waals surface area (Å²) in [6.45, 7) is 2.21. The first-order valence-corrected chi connectivity index (χ1v) is 9.82. The van der Waals surface area contributed by atoms with E-state index in [4.69, 9.17) is 0 Å². The second kappa shape index (κ2) is 6.42. The van der Waals surface area contributed by atoms with Gasteiger partial charge >= 0.3 is 6.03 Å². The highest BCUT2D eigenvalue weighted by Gasteiger charge is 2.51. The van der Waals surface area contributed by atoms with E-state index in [1.165, 1.54) is 56.9 Å². The summed E-state index contributed by atoms with van der Waals surface area (Å²) in [5.41, 5.74) is 2.33. The molecular formula is C21H30N2O. The van der Waals surface area contributed by atoms with E-state index in [1.54, 1.807) is 0 Å². The maximum atomic E-state index is 12.5. The smallest absolute Gasteiger partial charge is 0.319 e. The number of benzene rings is 1. The molecule has 24 heavy (non-hydrogen) atoms. The van der Waals surface area contributed by atoms with Crippen LogP contribution < -0.4 is 10.6 Å². The Kier molecular flexibility index (Phi) is 4.28. The maximum absolute atomic E-state index is 12.5. The summed E-state index contributed by atoms with van der Waals surface area (Å²) < 4.78 is 0. The highest BCUT2D eigenvalue weighted by Crippen LogP contribution is 2.55. The Balaban J connectivity index is 1.35. The van der Waals surface area contributed by atoms with Gasteiger partial charge in [-0.05, 0) is 86.8 Å². The first kappa shape index (κ1) is 16.0. The van der Waals surface area contributed by atoms with Crippen LogP contribution in [0.2, 0.25) is 0 Å². The molecular weight excluding hydrogens is 296 g/mol. The van der Waals surface area contributed by atoms with Gasteiger partial charge in [0.05, 0.1) is 0 Å². The Morgan fingerprint density at radius 1 is 1.04 bits per heavy atom. The van der Waals surface area contributed by atoms with E-state index in [0.717, 1.165) is 29.9 Å². The van der Waals surface area contributed by atoms with E-state index in [2.05, 4.69) is 29.7 Å². The molecule has 0 aliphatic heterocycles. The molecule has 1 aromatic rings. The van der Waals surface area contributed by atoms with Crippen molar-refractivity contribution in [1.29, 1.82) is 0 Å². The summed E-state index contributed by atoms with van der Waals surface area (Å²) >= 11 is 0. The topological polar surface area (TPSA) is 41.1 Å². The maximum Gasteiger partial charge on any atom is 0.319 e. The van der Waals surface area contributed by atoms with Crippen LogP contribution >= 0.6 is 0 Å². The molecule has 0 unspecified atom stereocenters. The van der Waals surface area contributed by atoms with E-state index in [9.17, 15) is 4.79 Å². The largest absolute Gasteiger partial charge is 0.332 e. The molecule has 2 N–H and O–H groups in total. The molecule has 0 aromatic heterocycles. The number of unbranched alkanes of at least 4 members (excludes halogenated alkanes) is 1. The Labute approximate surface area is 145 Å². The lowest BCUT2D eigenvalue weighted by Gasteiger charge is -2.56. The van der Waals surface area contributed by atoms with E-state index >= 15 is 0 Å². The van der Waals surface area contributed by atoms with Crippen LogP contribution in [-0.2, 0) is 6.42 Å². The first-order chi connectivity index (χ1) is 11.6. The molecule has 2 amide bonds. The molecule has 0 radical (unpaired) electrons. The van der Waals surface area contributed by atoms with Gasteiger partial charge < -0.3 is 10.6 Å². The van der Waals surface area contributed by atoms with Crippen LogP contribution in [0, 0.1) is 17.8 Å². The summed E-state index contributed by atoms with van der Waals surface area (Å²) in [4.78, 5) is 12.5. The summed E-state index contributed by atoms with van der Waals surface area (Å²) in [7, 11) is 0. The number of hydrogen-bond acceptors (Lipinski definition) is 1. The number of rotatable bonds is 5. The van der Waals surface area contributed by atoms with Crippen molar-refractivity contribution >= 4 is 11.7 Å². The lowest BCUT2D eigenvalue weighted by molar-refractivity contribution is -0.0127. The van der Waals surface area contributed by atoms with Gasteiger partial charge in [-0.15, -0.1) is 0 Å². The minimum atomic E-state index is -0.0155. The lowest BCUT2D eigenvalue weighted by atomic mass is 9.53. The van der Waals surface area contributed by atoms with Crippen LogP contribution in [0.5, 0.6) is 0 Å². The number of carbonyl (C=O) groups is 1. The van der Waals surface area contributed by atoms with Crippen LogP contribution in [0.3, 0.4) is 0 Å². The van der Waals surface area contributed by atoms with E-state index in [0.29, 0.717) is 0 Å². The predicted molar refractivity (Wildman–Crippen MR) is 98.1 cm³/mol. The third kappa shape index (κ3) is 3.31. The number of nitrogens with one attached hydrogen (secondary N) is 2. The zero-order valence-corrected chi connectivity index (χ0v) is 14.8. The Bertz CT molecular complexity index is 557. The first-order valence-electron chi connectivity index (χ1n) is 9.82. The standard InChI is InChI=1S/C21H30N2O/c1-2-3-4-15-5-7-19(8-6-15)22-20(24)23-21-12-16-9-17(13-21)11-18(10-16)14-21/h5-8,16-18H,2-4,9-14H2,1H3,(H2,22,23,24). The van der Waals surface area contributed by atoms with E-state index < -0.39 is 0 Å². The van der Waals surface area contributed by atoms with Crippen LogP contribution in [0.25, 0.3) is 0 Å². The fraction of sp³-hybridized carbons (Fsp3) is 0.667. The molecule has 0 saturated heterocycles. The van der Waals surface area contributed by atoms with Crippen molar-refractivity contribution in [2.24, 2.45) is 17.8 Å². The van der Waals surface area contributed by atoms with Crippen LogP contribution in [0.1, 0.15) is 63.9 Å². The van der Waals surface area contributed by atoms with Crippen LogP contribution in [0.15, 0.2) is 24.3 Å². The average molecular weight is 326 g/mol. The SMILES string of the molecule is CCCCc1ccc(NC(=O)NC23CC4CC(CC(C4)C2)C3)cc1. The Morgan fingerprint density at radius 3 is 2.17 bits per heavy atom. The average Bonchev–Trinajstić information content (AvgIpc) is 2.52. The van der Waals surface area contributed by atoms with E-state index in [-0.39, 0.29) is 11.6 Å². The van der Waals surface area contributed by atoms with Crippen molar-refractivity contribution in [3.63, 3.8) is 0 Å². The molecule has 4 aliphatic carbocycles. The fourth-order valence-electron chi connectivity index (χ4n) is 5.80. The van der Waals surface area contributed by atoms with Crippen molar-refractivity contribution in [3.05, 3.63) is 29.8 Å². The minimum Gasteiger partial charge on any atom is -0.332 e. The minimum absolute atomic E-state index is 0.0155. The van der Waals surface area contributed by atoms with Gasteiger partial charge in [0.1, 0.15) is 0 Å². The number of amides is 2. The summed E-state index contributed by atoms with van der Waals surface area (Å²) in [5.74, 6) is 2.57. The molecule has 4 bridgehead atoms. The number of urea groups is 1. The Hall–Kier alpha value is -1.51.